The van der Waals surface area contributed by atoms with Crippen LogP contribution in [0.25, 0.3) is 0 Å². The second-order valence-electron chi connectivity index (χ2n) is 5.84. The van der Waals surface area contributed by atoms with Gasteiger partial charge in [0.25, 0.3) is 0 Å². The molecule has 3 nitrogen and oxygen atoms in total. The van der Waals surface area contributed by atoms with Gasteiger partial charge in [0.05, 0.1) is 17.0 Å². The van der Waals surface area contributed by atoms with Gasteiger partial charge in [0.15, 0.2) is 4.67 Å². The van der Waals surface area contributed by atoms with Crippen LogP contribution in [-0.2, 0) is 11.8 Å². The lowest BCUT2D eigenvalue weighted by atomic mass is 9.93. The molecule has 0 aliphatic rings. The molecule has 1 N–H and O–H groups in total. The van der Waals surface area contributed by atoms with Crippen molar-refractivity contribution in [3.05, 3.63) is 38.6 Å². The molecule has 1 atom stereocenters. The topological polar surface area (TPSA) is 38.1 Å². The van der Waals surface area contributed by atoms with E-state index in [-0.39, 0.29) is 11.5 Å². The van der Waals surface area contributed by atoms with E-state index in [2.05, 4.69) is 54.3 Å². The van der Waals surface area contributed by atoms with Gasteiger partial charge in [-0.2, -0.15) is 0 Å². The summed E-state index contributed by atoms with van der Waals surface area (Å²) in [6.07, 6.45) is 2.60. The molecule has 2 rings (SSSR count). The minimum absolute atomic E-state index is 0.110. The van der Waals surface area contributed by atoms with Gasteiger partial charge < -0.3 is 9.73 Å². The normalized spacial score (nSPS) is 13.7. The van der Waals surface area contributed by atoms with Crippen molar-refractivity contribution in [2.75, 3.05) is 6.54 Å². The van der Waals surface area contributed by atoms with Crippen LogP contribution in [0.1, 0.15) is 50.0 Å². The van der Waals surface area contributed by atoms with Crippen LogP contribution < -0.4 is 5.32 Å². The molecule has 2 aromatic heterocycles. The van der Waals surface area contributed by atoms with Crippen molar-refractivity contribution in [1.82, 2.24) is 10.3 Å². The molecule has 0 bridgehead atoms. The molecule has 2 heterocycles. The summed E-state index contributed by atoms with van der Waals surface area (Å²) < 4.78 is 6.15. The van der Waals surface area contributed by atoms with E-state index in [0.717, 1.165) is 28.2 Å². The van der Waals surface area contributed by atoms with Gasteiger partial charge in [-0.3, -0.25) is 0 Å². The molecule has 0 saturated carbocycles. The lowest BCUT2D eigenvalue weighted by molar-refractivity contribution is 0.504. The summed E-state index contributed by atoms with van der Waals surface area (Å²) in [7, 11) is 0. The van der Waals surface area contributed by atoms with Crippen LogP contribution in [0.3, 0.4) is 0 Å². The molecule has 0 aliphatic heterocycles. The first kappa shape index (κ1) is 15.7. The summed E-state index contributed by atoms with van der Waals surface area (Å²) in [6, 6.07) is 2.24. The van der Waals surface area contributed by atoms with Gasteiger partial charge in [0.2, 0.25) is 0 Å². The number of aromatic nitrogens is 1. The average molecular weight is 357 g/mol. The van der Waals surface area contributed by atoms with Crippen LogP contribution in [0.4, 0.5) is 0 Å². The van der Waals surface area contributed by atoms with E-state index in [1.807, 2.05) is 6.07 Å². The minimum atomic E-state index is 0.110. The number of thiazole rings is 1. The molecule has 1 unspecified atom stereocenters. The van der Waals surface area contributed by atoms with Gasteiger partial charge in [0, 0.05) is 28.8 Å². The number of furan rings is 1. The smallest absolute Gasteiger partial charge is 0.173 e. The first-order valence-electron chi connectivity index (χ1n) is 6.83. The van der Waals surface area contributed by atoms with E-state index in [0.29, 0.717) is 0 Å². The molecule has 110 valence electrons. The van der Waals surface area contributed by atoms with Crippen molar-refractivity contribution >= 4 is 27.3 Å². The zero-order chi connectivity index (χ0) is 14.8. The lowest BCUT2D eigenvalue weighted by Gasteiger charge is -2.16. The molecule has 5 heteroatoms. The molecule has 0 radical (unpaired) electrons. The van der Waals surface area contributed by atoms with E-state index in [1.165, 1.54) is 5.69 Å². The highest BCUT2D eigenvalue weighted by molar-refractivity contribution is 9.10. The monoisotopic (exact) mass is 356 g/mol. The minimum Gasteiger partial charge on any atom is -0.457 e. The van der Waals surface area contributed by atoms with E-state index >= 15 is 0 Å². The maximum absolute atomic E-state index is 5.35. The Labute approximate surface area is 132 Å². The van der Waals surface area contributed by atoms with Gasteiger partial charge >= 0.3 is 0 Å². The fraction of sp³-hybridized carbons (Fsp3) is 0.533. The zero-order valence-corrected chi connectivity index (χ0v) is 14.8. The van der Waals surface area contributed by atoms with Crippen molar-refractivity contribution in [3.63, 3.8) is 0 Å². The number of rotatable bonds is 5. The quantitative estimate of drug-likeness (QED) is 0.844. The van der Waals surface area contributed by atoms with Crippen LogP contribution in [0.2, 0.25) is 0 Å². The van der Waals surface area contributed by atoms with Crippen LogP contribution in [0, 0.1) is 0 Å². The highest BCUT2D eigenvalue weighted by Crippen LogP contribution is 2.30. The molecule has 0 saturated heterocycles. The number of hydrogen-bond acceptors (Lipinski definition) is 4. The summed E-state index contributed by atoms with van der Waals surface area (Å²) in [5.74, 6) is 0. The fourth-order valence-electron chi connectivity index (χ4n) is 2.02. The van der Waals surface area contributed by atoms with Crippen LogP contribution in [0.15, 0.2) is 26.8 Å². The molecule has 0 amide bonds. The van der Waals surface area contributed by atoms with Crippen molar-refractivity contribution in [2.24, 2.45) is 0 Å². The zero-order valence-electron chi connectivity index (χ0n) is 12.4. The average Bonchev–Trinajstić information content (AvgIpc) is 2.96. The summed E-state index contributed by atoms with van der Waals surface area (Å²) >= 11 is 5.20. The van der Waals surface area contributed by atoms with Crippen molar-refractivity contribution in [3.8, 4) is 0 Å². The second-order valence-corrected chi connectivity index (χ2v) is 7.50. The highest BCUT2D eigenvalue weighted by atomic mass is 79.9. The molecule has 0 spiro atoms. The van der Waals surface area contributed by atoms with Gasteiger partial charge in [0.1, 0.15) is 0 Å². The number of halogens is 1. The third-order valence-electron chi connectivity index (χ3n) is 3.17. The van der Waals surface area contributed by atoms with E-state index in [9.17, 15) is 0 Å². The number of likely N-dealkylation sites (N-methyl/N-ethyl adjacent to an activating group) is 1. The Bertz CT molecular complexity index is 556. The summed E-state index contributed by atoms with van der Waals surface area (Å²) in [5, 5.41) is 6.83. The van der Waals surface area contributed by atoms with E-state index < -0.39 is 0 Å². The van der Waals surface area contributed by atoms with Gasteiger partial charge in [-0.15, -0.1) is 11.3 Å². The van der Waals surface area contributed by atoms with Gasteiger partial charge in [-0.1, -0.05) is 27.7 Å². The van der Waals surface area contributed by atoms with Gasteiger partial charge in [-0.05, 0) is 28.5 Å². The first-order valence-corrected chi connectivity index (χ1v) is 8.50. The summed E-state index contributed by atoms with van der Waals surface area (Å²) in [4.78, 5) is 4.78. The first-order chi connectivity index (χ1) is 9.41. The SMILES string of the molecule is CCNC(Cc1nc(C(C)(C)C)cs1)c1ccoc1Br. The molecular formula is C15H21BrN2OS. The maximum atomic E-state index is 5.35. The molecule has 0 aromatic carbocycles. The van der Waals surface area contributed by atoms with E-state index in [4.69, 9.17) is 9.40 Å². The number of hydrogen-bond donors (Lipinski definition) is 1. The van der Waals surface area contributed by atoms with E-state index in [1.54, 1.807) is 17.6 Å². The number of nitrogens with zero attached hydrogens (tertiary/aromatic N) is 1. The molecule has 20 heavy (non-hydrogen) atoms. The largest absolute Gasteiger partial charge is 0.457 e. The third-order valence-corrected chi connectivity index (χ3v) is 4.69. The fourth-order valence-corrected chi connectivity index (χ4v) is 3.60. The Morgan fingerprint density at radius 1 is 1.45 bits per heavy atom. The molecular weight excluding hydrogens is 336 g/mol. The van der Waals surface area contributed by atoms with Crippen LogP contribution in [0.5, 0.6) is 0 Å². The Hall–Kier alpha value is -0.650. The highest BCUT2D eigenvalue weighted by Gasteiger charge is 2.21. The number of nitrogens with one attached hydrogen (secondary N) is 1. The standard InChI is InChI=1S/C15H21BrN2OS/c1-5-17-11(10-6-7-19-14(10)16)8-13-18-12(9-20-13)15(2,3)4/h6-7,9,11,17H,5,8H2,1-4H3. The Morgan fingerprint density at radius 3 is 2.70 bits per heavy atom. The Morgan fingerprint density at radius 2 is 2.20 bits per heavy atom. The Kier molecular flexibility index (Phi) is 5.04. The van der Waals surface area contributed by atoms with Crippen molar-refractivity contribution in [1.29, 1.82) is 0 Å². The summed E-state index contributed by atoms with van der Waals surface area (Å²) in [5.41, 5.74) is 2.43. The van der Waals surface area contributed by atoms with Crippen molar-refractivity contribution in [2.45, 2.75) is 45.6 Å². The second kappa shape index (κ2) is 6.41. The third kappa shape index (κ3) is 3.71. The summed E-state index contributed by atoms with van der Waals surface area (Å²) in [6.45, 7) is 9.62. The van der Waals surface area contributed by atoms with Crippen LogP contribution in [-0.4, -0.2) is 11.5 Å². The molecule has 2 aromatic rings. The van der Waals surface area contributed by atoms with Crippen molar-refractivity contribution < 1.29 is 4.42 Å². The lowest BCUT2D eigenvalue weighted by Crippen LogP contribution is -2.23. The predicted octanol–water partition coefficient (Wildman–Crippen LogP) is 4.69. The maximum Gasteiger partial charge on any atom is 0.173 e. The molecule has 0 fully saturated rings. The Balaban J connectivity index is 2.17. The van der Waals surface area contributed by atoms with Crippen LogP contribution >= 0.6 is 27.3 Å². The van der Waals surface area contributed by atoms with Gasteiger partial charge in [-0.25, -0.2) is 4.98 Å². The predicted molar refractivity (Wildman–Crippen MR) is 87.3 cm³/mol. The molecule has 0 aliphatic carbocycles.